The summed E-state index contributed by atoms with van der Waals surface area (Å²) < 4.78 is 13.0. The molecule has 3 heterocycles. The zero-order chi connectivity index (χ0) is 40.7. The molecule has 0 bridgehead atoms. The summed E-state index contributed by atoms with van der Waals surface area (Å²) in [4.78, 5) is 15.7. The van der Waals surface area contributed by atoms with E-state index in [1.807, 2.05) is 12.1 Å². The Morgan fingerprint density at radius 1 is 0.419 bits per heavy atom. The SMILES string of the molecule is C1=CC2c3ccccc3OC2C=C1c1nc(-c2ccc3ccccc3c2)nc(-c2cccc3c(-c4cccc5oc6ccc(-c7ccc8ccccc8c7)cc6c45)cccc23)n1. The molecule has 2 unspecified atom stereocenters. The van der Waals surface area contributed by atoms with Crippen LogP contribution in [0.1, 0.15) is 17.3 Å². The lowest BCUT2D eigenvalue weighted by molar-refractivity contribution is 0.269. The van der Waals surface area contributed by atoms with Gasteiger partial charge in [0.05, 0.1) is 0 Å². The normalized spacial score (nSPS) is 15.6. The minimum Gasteiger partial charge on any atom is -0.485 e. The predicted molar refractivity (Wildman–Crippen MR) is 252 cm³/mol. The van der Waals surface area contributed by atoms with E-state index in [2.05, 4.69) is 188 Å². The Morgan fingerprint density at radius 3 is 1.89 bits per heavy atom. The van der Waals surface area contributed by atoms with E-state index in [0.29, 0.717) is 17.5 Å². The van der Waals surface area contributed by atoms with E-state index in [1.165, 1.54) is 27.3 Å². The van der Waals surface area contributed by atoms with E-state index >= 15 is 0 Å². The van der Waals surface area contributed by atoms with E-state index < -0.39 is 0 Å². The molecule has 0 spiro atoms. The second-order valence-electron chi connectivity index (χ2n) is 16.3. The first-order chi connectivity index (χ1) is 30.7. The second kappa shape index (κ2) is 13.7. The van der Waals surface area contributed by atoms with Crippen LogP contribution in [0.3, 0.4) is 0 Å². The number of para-hydroxylation sites is 1. The topological polar surface area (TPSA) is 61.0 Å². The Labute approximate surface area is 356 Å². The molecule has 11 aromatic rings. The maximum absolute atomic E-state index is 6.53. The highest BCUT2D eigenvalue weighted by molar-refractivity contribution is 6.17. The molecule has 2 atom stereocenters. The third-order valence-corrected chi connectivity index (χ3v) is 12.7. The molecular weight excluding hydrogens is 759 g/mol. The summed E-state index contributed by atoms with van der Waals surface area (Å²) in [6.45, 7) is 0. The Bertz CT molecular complexity index is 3710. The molecule has 290 valence electrons. The summed E-state index contributed by atoms with van der Waals surface area (Å²) in [5.74, 6) is 2.91. The Balaban J connectivity index is 0.966. The van der Waals surface area contributed by atoms with Crippen molar-refractivity contribution in [2.75, 3.05) is 0 Å². The van der Waals surface area contributed by atoms with Crippen LogP contribution < -0.4 is 4.74 Å². The van der Waals surface area contributed by atoms with Gasteiger partial charge in [-0.05, 0) is 97.0 Å². The van der Waals surface area contributed by atoms with Gasteiger partial charge in [-0.3, -0.25) is 0 Å². The number of nitrogens with zero attached hydrogens (tertiary/aromatic N) is 3. The molecule has 2 aliphatic rings. The third-order valence-electron chi connectivity index (χ3n) is 12.7. The van der Waals surface area contributed by atoms with Crippen LogP contribution >= 0.6 is 0 Å². The molecule has 2 aromatic heterocycles. The van der Waals surface area contributed by atoms with Crippen LogP contribution in [-0.2, 0) is 0 Å². The monoisotopic (exact) mass is 793 g/mol. The van der Waals surface area contributed by atoms with Crippen molar-refractivity contribution < 1.29 is 9.15 Å². The minimum absolute atomic E-state index is 0.137. The van der Waals surface area contributed by atoms with Crippen molar-refractivity contribution in [3.63, 3.8) is 0 Å². The molecule has 13 rings (SSSR count). The number of ether oxygens (including phenoxy) is 1. The van der Waals surface area contributed by atoms with Crippen LogP contribution in [-0.4, -0.2) is 21.1 Å². The highest BCUT2D eigenvalue weighted by Gasteiger charge is 2.33. The van der Waals surface area contributed by atoms with Crippen molar-refractivity contribution in [2.45, 2.75) is 12.0 Å². The molecule has 1 aliphatic carbocycles. The quantitative estimate of drug-likeness (QED) is 0.174. The predicted octanol–water partition coefficient (Wildman–Crippen LogP) is 14.4. The van der Waals surface area contributed by atoms with Crippen LogP contribution in [0.5, 0.6) is 5.75 Å². The number of fused-ring (bicyclic) bond motifs is 9. The van der Waals surface area contributed by atoms with Gasteiger partial charge in [0.25, 0.3) is 0 Å². The fraction of sp³-hybridized carbons (Fsp3) is 0.0351. The van der Waals surface area contributed by atoms with Gasteiger partial charge in [0.2, 0.25) is 0 Å². The van der Waals surface area contributed by atoms with E-state index in [0.717, 1.165) is 77.2 Å². The van der Waals surface area contributed by atoms with E-state index in [9.17, 15) is 0 Å². The average Bonchev–Trinajstić information content (AvgIpc) is 3.91. The fourth-order valence-electron chi connectivity index (χ4n) is 9.62. The van der Waals surface area contributed by atoms with E-state index in [-0.39, 0.29) is 12.0 Å². The van der Waals surface area contributed by atoms with Crippen molar-refractivity contribution in [1.29, 1.82) is 0 Å². The van der Waals surface area contributed by atoms with Crippen LogP contribution in [0, 0.1) is 0 Å². The summed E-state index contributed by atoms with van der Waals surface area (Å²) >= 11 is 0. The molecule has 0 fully saturated rings. The maximum Gasteiger partial charge on any atom is 0.164 e. The summed E-state index contributed by atoms with van der Waals surface area (Å²) in [6, 6.07) is 64.1. The number of rotatable bonds is 5. The number of furan rings is 1. The first kappa shape index (κ1) is 34.7. The third kappa shape index (κ3) is 5.59. The number of aromatic nitrogens is 3. The maximum atomic E-state index is 6.53. The van der Waals surface area contributed by atoms with E-state index in [1.54, 1.807) is 0 Å². The molecule has 0 amide bonds. The Hall–Kier alpha value is -8.15. The van der Waals surface area contributed by atoms with Gasteiger partial charge >= 0.3 is 0 Å². The van der Waals surface area contributed by atoms with Crippen LogP contribution in [0.15, 0.2) is 205 Å². The molecule has 1 aliphatic heterocycles. The lowest BCUT2D eigenvalue weighted by Crippen LogP contribution is -2.18. The van der Waals surface area contributed by atoms with Crippen LogP contribution in [0.2, 0.25) is 0 Å². The number of hydrogen-bond acceptors (Lipinski definition) is 5. The summed E-state index contributed by atoms with van der Waals surface area (Å²) in [7, 11) is 0. The van der Waals surface area contributed by atoms with Crippen molar-refractivity contribution in [1.82, 2.24) is 15.0 Å². The Morgan fingerprint density at radius 2 is 1.05 bits per heavy atom. The lowest BCUT2D eigenvalue weighted by atomic mass is 9.89. The van der Waals surface area contributed by atoms with Crippen LogP contribution in [0.25, 0.3) is 105 Å². The standard InChI is InChI=1S/C57H35N3O2/c1-3-12-36-30-38(24-22-34(36)10-1)39-27-29-51-49(32-39)54-47(18-9-21-52(54)61-51)43-16-7-17-44-42(43)15-8-19-48(44)57-59-55(40-25-23-35-11-2-4-13-37(35)31-40)58-56(60-57)41-26-28-46-45-14-5-6-20-50(45)62-53(46)33-41/h1-33,46,53H. The van der Waals surface area contributed by atoms with Gasteiger partial charge in [-0.25, -0.2) is 15.0 Å². The molecule has 9 aromatic carbocycles. The molecule has 0 radical (unpaired) electrons. The molecular formula is C57H35N3O2. The van der Waals surface area contributed by atoms with Gasteiger partial charge in [-0.2, -0.15) is 0 Å². The fourth-order valence-corrected chi connectivity index (χ4v) is 9.62. The molecule has 0 saturated carbocycles. The first-order valence-corrected chi connectivity index (χ1v) is 21.1. The minimum atomic E-state index is -0.137. The largest absolute Gasteiger partial charge is 0.485 e. The Kier molecular flexibility index (Phi) is 7.66. The highest BCUT2D eigenvalue weighted by Crippen LogP contribution is 2.44. The van der Waals surface area contributed by atoms with Gasteiger partial charge in [0, 0.05) is 39.0 Å². The highest BCUT2D eigenvalue weighted by atomic mass is 16.5. The molecule has 62 heavy (non-hydrogen) atoms. The zero-order valence-corrected chi connectivity index (χ0v) is 33.4. The summed E-state index contributed by atoms with van der Waals surface area (Å²) in [5.41, 5.74) is 10.2. The van der Waals surface area contributed by atoms with Gasteiger partial charge in [-0.15, -0.1) is 0 Å². The first-order valence-electron chi connectivity index (χ1n) is 21.1. The lowest BCUT2D eigenvalue weighted by Gasteiger charge is -2.19. The van der Waals surface area contributed by atoms with Crippen molar-refractivity contribution in [3.8, 4) is 50.8 Å². The van der Waals surface area contributed by atoms with Gasteiger partial charge in [-0.1, -0.05) is 158 Å². The summed E-state index contributed by atoms with van der Waals surface area (Å²) in [5, 5.41) is 9.08. The second-order valence-corrected chi connectivity index (χ2v) is 16.3. The molecule has 5 nitrogen and oxygen atoms in total. The smallest absolute Gasteiger partial charge is 0.164 e. The van der Waals surface area contributed by atoms with Gasteiger partial charge in [0.1, 0.15) is 23.0 Å². The molecule has 0 N–H and O–H groups in total. The number of benzene rings is 9. The number of hydrogen-bond donors (Lipinski definition) is 0. The van der Waals surface area contributed by atoms with Crippen LogP contribution in [0.4, 0.5) is 0 Å². The van der Waals surface area contributed by atoms with Crippen molar-refractivity contribution in [3.05, 3.63) is 212 Å². The number of allylic oxidation sites excluding steroid dienone is 2. The van der Waals surface area contributed by atoms with E-state index in [4.69, 9.17) is 24.1 Å². The van der Waals surface area contributed by atoms with Crippen molar-refractivity contribution >= 4 is 59.8 Å². The van der Waals surface area contributed by atoms with Gasteiger partial charge < -0.3 is 9.15 Å². The molecule has 5 heteroatoms. The molecule has 0 saturated heterocycles. The van der Waals surface area contributed by atoms with Crippen molar-refractivity contribution in [2.24, 2.45) is 0 Å². The summed E-state index contributed by atoms with van der Waals surface area (Å²) in [6.07, 6.45) is 6.39. The van der Waals surface area contributed by atoms with Gasteiger partial charge in [0.15, 0.2) is 17.5 Å². The zero-order valence-electron chi connectivity index (χ0n) is 33.4. The average molecular weight is 794 g/mol.